The molecule has 4 nitrogen and oxygen atoms in total. The third-order valence-corrected chi connectivity index (χ3v) is 7.12. The normalized spacial score (nSPS) is 11.6. The van der Waals surface area contributed by atoms with Crippen LogP contribution in [0.3, 0.4) is 0 Å². The Hall–Kier alpha value is -3.14. The largest absolute Gasteiger partial charge is 0.336 e. The molecule has 0 aliphatic rings. The van der Waals surface area contributed by atoms with E-state index in [4.69, 9.17) is 0 Å². The van der Waals surface area contributed by atoms with Gasteiger partial charge in [0.15, 0.2) is 0 Å². The summed E-state index contributed by atoms with van der Waals surface area (Å²) in [5.74, 6) is 0. The summed E-state index contributed by atoms with van der Waals surface area (Å²) in [7, 11) is 0. The van der Waals surface area contributed by atoms with Crippen molar-refractivity contribution >= 4 is 32.8 Å². The van der Waals surface area contributed by atoms with Gasteiger partial charge in [-0.25, -0.2) is 0 Å². The van der Waals surface area contributed by atoms with E-state index < -0.39 is 0 Å². The number of aromatic nitrogens is 2. The minimum atomic E-state index is -0.0837. The number of hydrogen-bond acceptors (Lipinski definition) is 2. The number of hydrogen-bond donors (Lipinski definition) is 0. The number of fused-ring (bicyclic) bond motifs is 3. The van der Waals surface area contributed by atoms with Gasteiger partial charge in [-0.15, -0.1) is 6.58 Å². The highest BCUT2D eigenvalue weighted by atomic mass is 16.1. The Labute approximate surface area is 207 Å². The van der Waals surface area contributed by atoms with Gasteiger partial charge in [0.2, 0.25) is 10.9 Å². The van der Waals surface area contributed by atoms with Gasteiger partial charge in [-0.05, 0) is 30.7 Å². The number of unbranched alkanes of at least 4 members (excludes halogenated alkanes) is 9. The maximum Gasteiger partial charge on any atom is 0.213 e. The summed E-state index contributed by atoms with van der Waals surface area (Å²) in [6, 6.07) is 15.3. The molecule has 4 aromatic rings. The van der Waals surface area contributed by atoms with Crippen molar-refractivity contribution in [2.24, 2.45) is 0 Å². The molecule has 0 unspecified atom stereocenters. The average Bonchev–Trinajstić information content (AvgIpc) is 2.89. The van der Waals surface area contributed by atoms with Crippen molar-refractivity contribution in [3.8, 4) is 0 Å². The van der Waals surface area contributed by atoms with Crippen molar-refractivity contribution < 1.29 is 0 Å². The van der Waals surface area contributed by atoms with E-state index in [1.165, 1.54) is 51.4 Å². The van der Waals surface area contributed by atoms with Crippen LogP contribution in [0.25, 0.3) is 32.8 Å². The minimum absolute atomic E-state index is 0.0640. The second kappa shape index (κ2) is 12.0. The van der Waals surface area contributed by atoms with Crippen LogP contribution in [-0.2, 0) is 13.1 Å². The van der Waals surface area contributed by atoms with E-state index >= 15 is 0 Å². The molecular weight excluding hydrogens is 432 g/mol. The lowest BCUT2D eigenvalue weighted by molar-refractivity contribution is 0.541. The van der Waals surface area contributed by atoms with Crippen LogP contribution in [0, 0.1) is 0 Å². The summed E-state index contributed by atoms with van der Waals surface area (Å²) >= 11 is 0. The van der Waals surface area contributed by atoms with Crippen molar-refractivity contribution in [2.75, 3.05) is 0 Å². The quantitative estimate of drug-likeness (QED) is 0.115. The van der Waals surface area contributed by atoms with Gasteiger partial charge in [-0.1, -0.05) is 95.1 Å². The molecular formula is C31H38N2O2. The average molecular weight is 471 g/mol. The molecule has 0 spiro atoms. The predicted octanol–water partition coefficient (Wildman–Crippen LogP) is 7.58. The Morgan fingerprint density at radius 3 is 1.66 bits per heavy atom. The molecule has 0 bridgehead atoms. The number of para-hydroxylation sites is 2. The molecule has 2 heterocycles. The smallest absolute Gasteiger partial charge is 0.213 e. The molecule has 0 radical (unpaired) electrons. The van der Waals surface area contributed by atoms with Gasteiger partial charge in [0.05, 0.1) is 11.0 Å². The molecule has 0 N–H and O–H groups in total. The molecule has 0 aliphatic heterocycles. The topological polar surface area (TPSA) is 44.0 Å². The van der Waals surface area contributed by atoms with Crippen molar-refractivity contribution in [1.29, 1.82) is 0 Å². The summed E-state index contributed by atoms with van der Waals surface area (Å²) in [6.45, 7) is 7.37. The van der Waals surface area contributed by atoms with E-state index in [-0.39, 0.29) is 10.9 Å². The second-order valence-corrected chi connectivity index (χ2v) is 9.62. The molecule has 2 aromatic carbocycles. The third-order valence-electron chi connectivity index (χ3n) is 7.12. The van der Waals surface area contributed by atoms with Crippen LogP contribution in [0.4, 0.5) is 0 Å². The molecule has 0 saturated carbocycles. The maximum atomic E-state index is 13.7. The molecule has 0 fully saturated rings. The zero-order chi connectivity index (χ0) is 24.6. The molecule has 0 aliphatic carbocycles. The zero-order valence-corrected chi connectivity index (χ0v) is 21.1. The number of allylic oxidation sites excluding steroid dienone is 1. The molecule has 4 rings (SSSR count). The molecule has 0 amide bonds. The lowest BCUT2D eigenvalue weighted by atomic mass is 10.1. The summed E-state index contributed by atoms with van der Waals surface area (Å²) in [5.41, 5.74) is 2.48. The van der Waals surface area contributed by atoms with Gasteiger partial charge in [-0.3, -0.25) is 9.59 Å². The Bertz CT molecular complexity index is 1430. The van der Waals surface area contributed by atoms with E-state index in [2.05, 4.69) is 18.1 Å². The number of nitrogens with zero attached hydrogens (tertiary/aromatic N) is 2. The monoisotopic (exact) mass is 470 g/mol. The van der Waals surface area contributed by atoms with E-state index in [9.17, 15) is 9.59 Å². The van der Waals surface area contributed by atoms with Gasteiger partial charge in [0.1, 0.15) is 11.0 Å². The van der Waals surface area contributed by atoms with Crippen LogP contribution in [0.1, 0.15) is 71.1 Å². The summed E-state index contributed by atoms with van der Waals surface area (Å²) in [6.07, 6.45) is 14.4. The van der Waals surface area contributed by atoms with Crippen LogP contribution in [0.5, 0.6) is 0 Å². The Kier molecular flexibility index (Phi) is 8.57. The molecule has 0 saturated heterocycles. The van der Waals surface area contributed by atoms with Crippen LogP contribution in [0.15, 0.2) is 70.8 Å². The highest BCUT2D eigenvalue weighted by molar-refractivity contribution is 5.98. The molecule has 35 heavy (non-hydrogen) atoms. The number of rotatable bonds is 13. The molecule has 2 aromatic heterocycles. The summed E-state index contributed by atoms with van der Waals surface area (Å²) < 4.78 is 4.06. The van der Waals surface area contributed by atoms with E-state index in [0.29, 0.717) is 28.4 Å². The number of pyridine rings is 2. The van der Waals surface area contributed by atoms with E-state index in [1.807, 2.05) is 53.1 Å². The third kappa shape index (κ3) is 5.27. The van der Waals surface area contributed by atoms with Crippen molar-refractivity contribution in [3.05, 3.63) is 81.6 Å². The number of aryl methyl sites for hydroxylation is 1. The first-order chi connectivity index (χ1) is 17.2. The highest BCUT2D eigenvalue weighted by Crippen LogP contribution is 2.23. The lowest BCUT2D eigenvalue weighted by Gasteiger charge is -2.19. The number of benzene rings is 2. The van der Waals surface area contributed by atoms with E-state index in [1.54, 1.807) is 6.08 Å². The lowest BCUT2D eigenvalue weighted by Crippen LogP contribution is -2.23. The summed E-state index contributed by atoms with van der Waals surface area (Å²) in [5, 5.41) is 1.31. The van der Waals surface area contributed by atoms with Crippen LogP contribution in [0.2, 0.25) is 0 Å². The summed E-state index contributed by atoms with van der Waals surface area (Å²) in [4.78, 5) is 27.4. The molecule has 0 atom stereocenters. The first kappa shape index (κ1) is 25.0. The first-order valence-corrected chi connectivity index (χ1v) is 13.4. The van der Waals surface area contributed by atoms with Gasteiger partial charge in [0.25, 0.3) is 0 Å². The van der Waals surface area contributed by atoms with Gasteiger partial charge in [-0.2, -0.15) is 0 Å². The SMILES string of the molecule is C=CCn1c2ccccc2c(=O)c2c1c(=O)c1ccccc1n2CCCCCCCCCCCC. The van der Waals surface area contributed by atoms with Gasteiger partial charge >= 0.3 is 0 Å². The van der Waals surface area contributed by atoms with Crippen LogP contribution in [-0.4, -0.2) is 9.13 Å². The van der Waals surface area contributed by atoms with E-state index in [0.717, 1.165) is 30.4 Å². The zero-order valence-electron chi connectivity index (χ0n) is 21.1. The fourth-order valence-corrected chi connectivity index (χ4v) is 5.32. The molecule has 184 valence electrons. The fourth-order valence-electron chi connectivity index (χ4n) is 5.32. The Morgan fingerprint density at radius 2 is 1.11 bits per heavy atom. The van der Waals surface area contributed by atoms with Crippen LogP contribution >= 0.6 is 0 Å². The minimum Gasteiger partial charge on any atom is -0.336 e. The van der Waals surface area contributed by atoms with Crippen molar-refractivity contribution in [3.63, 3.8) is 0 Å². The van der Waals surface area contributed by atoms with Crippen LogP contribution < -0.4 is 10.9 Å². The second-order valence-electron chi connectivity index (χ2n) is 9.62. The maximum absolute atomic E-state index is 13.7. The van der Waals surface area contributed by atoms with Crippen molar-refractivity contribution in [1.82, 2.24) is 9.13 Å². The Morgan fingerprint density at radius 1 is 0.657 bits per heavy atom. The van der Waals surface area contributed by atoms with Gasteiger partial charge in [0, 0.05) is 23.9 Å². The van der Waals surface area contributed by atoms with Crippen molar-refractivity contribution in [2.45, 2.75) is 84.2 Å². The van der Waals surface area contributed by atoms with Gasteiger partial charge < -0.3 is 9.13 Å². The highest BCUT2D eigenvalue weighted by Gasteiger charge is 2.19. The Balaban J connectivity index is 1.67. The molecule has 4 heteroatoms. The standard InChI is InChI=1S/C31H38N2O2/c1-3-5-6-7-8-9-10-11-12-17-23-33-27-21-16-14-19-25(27)30(34)28-29(33)31(35)24-18-13-15-20-26(24)32(28)22-4-2/h4,13-16,18-21H,2-3,5-12,17,22-23H2,1H3. The predicted molar refractivity (Wildman–Crippen MR) is 150 cm³/mol. The first-order valence-electron chi connectivity index (χ1n) is 13.4. The fraction of sp³-hybridized carbons (Fsp3) is 0.419.